The molecule has 2 unspecified atom stereocenters. The van der Waals surface area contributed by atoms with E-state index in [4.69, 9.17) is 33.0 Å². The SMILES string of the molecule is Cc1c(Cl)cccc1-c1ccc(C2C(c3ccccn3)NC(=S)N2c2ccc(Oc3ccccc3)cc2)o1. The number of anilines is 1. The number of halogens is 1. The molecule has 3 heterocycles. The first kappa shape index (κ1) is 24.2. The Labute approximate surface area is 231 Å². The minimum Gasteiger partial charge on any atom is -0.459 e. The molecule has 1 saturated heterocycles. The molecule has 1 fully saturated rings. The van der Waals surface area contributed by atoms with Gasteiger partial charge in [0.1, 0.15) is 29.1 Å². The molecule has 5 aromatic rings. The second kappa shape index (κ2) is 10.3. The van der Waals surface area contributed by atoms with Crippen molar-refractivity contribution in [2.45, 2.75) is 19.0 Å². The highest BCUT2D eigenvalue weighted by atomic mass is 35.5. The van der Waals surface area contributed by atoms with Crippen LogP contribution in [0.3, 0.4) is 0 Å². The molecule has 5 nitrogen and oxygen atoms in total. The Balaban J connectivity index is 1.37. The predicted octanol–water partition coefficient (Wildman–Crippen LogP) is 8.27. The molecule has 1 aliphatic rings. The molecule has 0 amide bonds. The molecule has 0 bridgehead atoms. The second-order valence-corrected chi connectivity index (χ2v) is 9.81. The zero-order valence-corrected chi connectivity index (χ0v) is 22.1. The van der Waals surface area contributed by atoms with Gasteiger partial charge in [0.25, 0.3) is 0 Å². The molecule has 2 atom stereocenters. The van der Waals surface area contributed by atoms with Gasteiger partial charge in [-0.05, 0) is 91.4 Å². The van der Waals surface area contributed by atoms with Crippen LogP contribution < -0.4 is 15.0 Å². The van der Waals surface area contributed by atoms with E-state index in [1.54, 1.807) is 6.20 Å². The first-order valence-electron chi connectivity index (χ1n) is 12.3. The van der Waals surface area contributed by atoms with Gasteiger partial charge in [-0.15, -0.1) is 0 Å². The smallest absolute Gasteiger partial charge is 0.174 e. The summed E-state index contributed by atoms with van der Waals surface area (Å²) in [5.41, 5.74) is 3.73. The number of pyridine rings is 1. The van der Waals surface area contributed by atoms with Crippen molar-refractivity contribution in [3.8, 4) is 22.8 Å². The minimum atomic E-state index is -0.258. The van der Waals surface area contributed by atoms with Crippen molar-refractivity contribution < 1.29 is 9.15 Å². The van der Waals surface area contributed by atoms with E-state index >= 15 is 0 Å². The average molecular weight is 538 g/mol. The summed E-state index contributed by atoms with van der Waals surface area (Å²) in [6, 6.07) is 32.8. The summed E-state index contributed by atoms with van der Waals surface area (Å²) in [5, 5.41) is 4.77. The van der Waals surface area contributed by atoms with E-state index in [0.29, 0.717) is 10.1 Å². The third-order valence-electron chi connectivity index (χ3n) is 6.64. The van der Waals surface area contributed by atoms with Gasteiger partial charge in [0.2, 0.25) is 0 Å². The second-order valence-electron chi connectivity index (χ2n) is 9.02. The van der Waals surface area contributed by atoms with Crippen LogP contribution in [0.15, 0.2) is 114 Å². The highest BCUT2D eigenvalue weighted by molar-refractivity contribution is 7.80. The molecule has 0 spiro atoms. The Hall–Kier alpha value is -4.13. The zero-order chi connectivity index (χ0) is 26.1. The summed E-state index contributed by atoms with van der Waals surface area (Å²) in [4.78, 5) is 6.70. The van der Waals surface area contributed by atoms with Gasteiger partial charge in [-0.3, -0.25) is 4.98 Å². The molecule has 0 radical (unpaired) electrons. The molecule has 188 valence electrons. The summed E-state index contributed by atoms with van der Waals surface area (Å²) in [7, 11) is 0. The van der Waals surface area contributed by atoms with Crippen molar-refractivity contribution in [1.82, 2.24) is 10.3 Å². The Bertz CT molecular complexity index is 1570. The summed E-state index contributed by atoms with van der Waals surface area (Å²) in [5.74, 6) is 3.05. The fourth-order valence-corrected chi connectivity index (χ4v) is 5.27. The van der Waals surface area contributed by atoms with Crippen molar-refractivity contribution >= 4 is 34.6 Å². The largest absolute Gasteiger partial charge is 0.459 e. The summed E-state index contributed by atoms with van der Waals surface area (Å²) in [6.45, 7) is 1.99. The molecule has 7 heteroatoms. The third-order valence-corrected chi connectivity index (χ3v) is 7.37. The lowest BCUT2D eigenvalue weighted by molar-refractivity contribution is 0.439. The fraction of sp³-hybridized carbons (Fsp3) is 0.0968. The number of nitrogens with one attached hydrogen (secondary N) is 1. The number of hydrogen-bond acceptors (Lipinski definition) is 4. The van der Waals surface area contributed by atoms with Crippen LogP contribution in [0, 0.1) is 6.92 Å². The third kappa shape index (κ3) is 4.64. The quantitative estimate of drug-likeness (QED) is 0.220. The number of para-hydroxylation sites is 1. The Morgan fingerprint density at radius 3 is 2.39 bits per heavy atom. The number of thiocarbonyl (C=S) groups is 1. The maximum atomic E-state index is 6.49. The molecule has 3 aromatic carbocycles. The van der Waals surface area contributed by atoms with Crippen molar-refractivity contribution in [2.24, 2.45) is 0 Å². The summed E-state index contributed by atoms with van der Waals surface area (Å²) < 4.78 is 12.5. The topological polar surface area (TPSA) is 50.5 Å². The van der Waals surface area contributed by atoms with E-state index in [9.17, 15) is 0 Å². The molecule has 2 aromatic heterocycles. The predicted molar refractivity (Wildman–Crippen MR) is 155 cm³/mol. The van der Waals surface area contributed by atoms with E-state index in [2.05, 4.69) is 15.2 Å². The minimum absolute atomic E-state index is 0.205. The lowest BCUT2D eigenvalue weighted by Gasteiger charge is -2.26. The zero-order valence-electron chi connectivity index (χ0n) is 20.5. The van der Waals surface area contributed by atoms with E-state index in [0.717, 1.165) is 45.5 Å². The van der Waals surface area contributed by atoms with Gasteiger partial charge in [0.05, 0.1) is 11.7 Å². The van der Waals surface area contributed by atoms with Crippen molar-refractivity contribution in [2.75, 3.05) is 4.90 Å². The van der Waals surface area contributed by atoms with Crippen LogP contribution in [0.1, 0.15) is 29.1 Å². The van der Waals surface area contributed by atoms with Crippen LogP contribution in [-0.4, -0.2) is 10.1 Å². The Kier molecular flexibility index (Phi) is 6.58. The highest BCUT2D eigenvalue weighted by Gasteiger charge is 2.42. The molecule has 38 heavy (non-hydrogen) atoms. The number of benzene rings is 3. The Morgan fingerprint density at radius 1 is 0.868 bits per heavy atom. The van der Waals surface area contributed by atoms with E-state index < -0.39 is 0 Å². The number of hydrogen-bond donors (Lipinski definition) is 1. The van der Waals surface area contributed by atoms with Crippen molar-refractivity contribution in [1.29, 1.82) is 0 Å². The number of furan rings is 1. The monoisotopic (exact) mass is 537 g/mol. The van der Waals surface area contributed by atoms with Gasteiger partial charge in [0.15, 0.2) is 5.11 Å². The van der Waals surface area contributed by atoms with Crippen LogP contribution in [0.4, 0.5) is 5.69 Å². The van der Waals surface area contributed by atoms with Gasteiger partial charge in [-0.2, -0.15) is 0 Å². The molecule has 1 aliphatic heterocycles. The molecule has 1 N–H and O–H groups in total. The van der Waals surface area contributed by atoms with Gasteiger partial charge in [-0.1, -0.05) is 48.0 Å². The molecule has 0 saturated carbocycles. The number of ether oxygens (including phenoxy) is 1. The standard InChI is InChI=1S/C31H24ClN3O2S/c1-20-24(10-7-11-25(20)32)27-17-18-28(37-27)30-29(26-12-5-6-19-33-26)34-31(38)35(30)21-13-15-23(16-14-21)36-22-8-3-2-4-9-22/h2-19,29-30H,1H3,(H,34,38). The lowest BCUT2D eigenvalue weighted by Crippen LogP contribution is -2.29. The van der Waals surface area contributed by atoms with Gasteiger partial charge in [0, 0.05) is 22.5 Å². The number of rotatable bonds is 6. The number of aromatic nitrogens is 1. The van der Waals surface area contributed by atoms with Crippen LogP contribution in [0.25, 0.3) is 11.3 Å². The molecular formula is C31H24ClN3O2S. The first-order chi connectivity index (χ1) is 18.6. The lowest BCUT2D eigenvalue weighted by atomic mass is 10.0. The molecular weight excluding hydrogens is 514 g/mol. The van der Waals surface area contributed by atoms with Crippen molar-refractivity contribution in [3.63, 3.8) is 0 Å². The van der Waals surface area contributed by atoms with Crippen LogP contribution in [0.2, 0.25) is 5.02 Å². The normalized spacial score (nSPS) is 16.9. The van der Waals surface area contributed by atoms with Gasteiger partial charge in [-0.25, -0.2) is 0 Å². The summed E-state index contributed by atoms with van der Waals surface area (Å²) >= 11 is 12.2. The highest BCUT2D eigenvalue weighted by Crippen LogP contribution is 2.43. The van der Waals surface area contributed by atoms with Gasteiger partial charge < -0.3 is 19.4 Å². The Morgan fingerprint density at radius 2 is 1.63 bits per heavy atom. The maximum absolute atomic E-state index is 6.49. The van der Waals surface area contributed by atoms with Crippen LogP contribution in [-0.2, 0) is 0 Å². The molecule has 0 aliphatic carbocycles. The summed E-state index contributed by atoms with van der Waals surface area (Å²) in [6.07, 6.45) is 1.79. The number of nitrogens with zero attached hydrogens (tertiary/aromatic N) is 2. The first-order valence-corrected chi connectivity index (χ1v) is 13.1. The van der Waals surface area contributed by atoms with E-state index in [-0.39, 0.29) is 12.1 Å². The van der Waals surface area contributed by atoms with E-state index in [1.165, 1.54) is 0 Å². The molecule has 6 rings (SSSR count). The average Bonchev–Trinajstić information content (AvgIpc) is 3.56. The maximum Gasteiger partial charge on any atom is 0.174 e. The van der Waals surface area contributed by atoms with Gasteiger partial charge >= 0.3 is 0 Å². The van der Waals surface area contributed by atoms with Crippen molar-refractivity contribution in [3.05, 3.63) is 131 Å². The van der Waals surface area contributed by atoms with Crippen LogP contribution >= 0.6 is 23.8 Å². The van der Waals surface area contributed by atoms with Crippen LogP contribution in [0.5, 0.6) is 11.5 Å². The van der Waals surface area contributed by atoms with E-state index in [1.807, 2.05) is 110 Å². The fourth-order valence-electron chi connectivity index (χ4n) is 4.75.